The van der Waals surface area contributed by atoms with Gasteiger partial charge in [-0.05, 0) is 42.6 Å². The molecule has 7 nitrogen and oxygen atoms in total. The molecular weight excluding hydrogens is 376 g/mol. The van der Waals surface area contributed by atoms with Crippen LogP contribution < -0.4 is 5.32 Å². The summed E-state index contributed by atoms with van der Waals surface area (Å²) in [5.74, 6) is -0.263. The summed E-state index contributed by atoms with van der Waals surface area (Å²) in [5, 5.41) is 16.6. The third kappa shape index (κ3) is 4.52. The molecule has 0 aliphatic rings. The first kappa shape index (κ1) is 19.5. The molecule has 2 heterocycles. The van der Waals surface area contributed by atoms with Crippen molar-refractivity contribution in [3.63, 3.8) is 0 Å². The van der Waals surface area contributed by atoms with Crippen LogP contribution in [0, 0.1) is 10.1 Å². The number of nitrogens with zero attached hydrogens (tertiary/aromatic N) is 3. The molecule has 0 saturated heterocycles. The Balaban J connectivity index is 1.80. The van der Waals surface area contributed by atoms with Crippen LogP contribution in [0.25, 0.3) is 0 Å². The van der Waals surface area contributed by atoms with E-state index < -0.39 is 4.92 Å². The third-order valence-corrected chi connectivity index (χ3v) is 5.13. The summed E-state index contributed by atoms with van der Waals surface area (Å²) in [7, 11) is 1.68. The lowest BCUT2D eigenvalue weighted by Gasteiger charge is -2.18. The zero-order valence-electron chi connectivity index (χ0n) is 15.5. The average Bonchev–Trinajstić information content (AvgIpc) is 3.21. The number of nitro groups is 1. The monoisotopic (exact) mass is 396 g/mol. The van der Waals surface area contributed by atoms with E-state index in [1.807, 2.05) is 42.6 Å². The molecule has 3 rings (SSSR count). The van der Waals surface area contributed by atoms with Crippen molar-refractivity contribution >= 4 is 28.6 Å². The molecule has 1 unspecified atom stereocenters. The molecule has 0 fully saturated rings. The summed E-state index contributed by atoms with van der Waals surface area (Å²) in [4.78, 5) is 30.6. The Bertz CT molecular complexity index is 961. The maximum Gasteiger partial charge on any atom is 0.293 e. The van der Waals surface area contributed by atoms with Crippen molar-refractivity contribution < 1.29 is 9.72 Å². The van der Waals surface area contributed by atoms with Gasteiger partial charge in [-0.15, -0.1) is 11.3 Å². The Morgan fingerprint density at radius 2 is 2.11 bits per heavy atom. The van der Waals surface area contributed by atoms with Crippen LogP contribution in [-0.2, 0) is 6.54 Å². The van der Waals surface area contributed by atoms with Crippen molar-refractivity contribution in [2.24, 2.45) is 0 Å². The van der Waals surface area contributed by atoms with Gasteiger partial charge in [-0.3, -0.25) is 19.9 Å². The van der Waals surface area contributed by atoms with Gasteiger partial charge in [0.15, 0.2) is 0 Å². The second kappa shape index (κ2) is 8.62. The summed E-state index contributed by atoms with van der Waals surface area (Å²) >= 11 is 1.56. The van der Waals surface area contributed by atoms with E-state index in [-0.39, 0.29) is 23.2 Å². The molecule has 1 N–H and O–H groups in total. The number of benzene rings is 1. The predicted molar refractivity (Wildman–Crippen MR) is 109 cm³/mol. The molecule has 0 aliphatic heterocycles. The smallest absolute Gasteiger partial charge is 0.293 e. The van der Waals surface area contributed by atoms with Gasteiger partial charge in [0.1, 0.15) is 5.69 Å². The first-order valence-electron chi connectivity index (χ1n) is 8.69. The van der Waals surface area contributed by atoms with Crippen molar-refractivity contribution in [2.45, 2.75) is 19.5 Å². The summed E-state index contributed by atoms with van der Waals surface area (Å²) in [6.45, 7) is 2.33. The largest absolute Gasteiger partial charge is 0.371 e. The first-order chi connectivity index (χ1) is 13.5. The summed E-state index contributed by atoms with van der Waals surface area (Å²) in [6.07, 6.45) is 1.67. The molecule has 0 saturated carbocycles. The molecule has 0 radical (unpaired) electrons. The molecule has 28 heavy (non-hydrogen) atoms. The topological polar surface area (TPSA) is 88.4 Å². The van der Waals surface area contributed by atoms with Crippen molar-refractivity contribution in [2.75, 3.05) is 12.4 Å². The van der Waals surface area contributed by atoms with Gasteiger partial charge in [0.25, 0.3) is 11.6 Å². The van der Waals surface area contributed by atoms with E-state index in [0.29, 0.717) is 12.2 Å². The zero-order chi connectivity index (χ0) is 20.1. The third-order valence-electron chi connectivity index (χ3n) is 4.26. The van der Waals surface area contributed by atoms with E-state index in [4.69, 9.17) is 0 Å². The molecule has 0 aliphatic carbocycles. The van der Waals surface area contributed by atoms with Gasteiger partial charge in [0.05, 0.1) is 23.2 Å². The highest BCUT2D eigenvalue weighted by molar-refractivity contribution is 7.09. The van der Waals surface area contributed by atoms with E-state index in [1.165, 1.54) is 6.07 Å². The quantitative estimate of drug-likeness (QED) is 0.469. The number of hydrogen-bond donors (Lipinski definition) is 1. The number of hydrogen-bond acceptors (Lipinski definition) is 6. The van der Waals surface area contributed by atoms with Gasteiger partial charge in [0, 0.05) is 29.8 Å². The summed E-state index contributed by atoms with van der Waals surface area (Å²) in [6, 6.07) is 13.7. The minimum atomic E-state index is -0.483. The fourth-order valence-corrected chi connectivity index (χ4v) is 3.56. The molecule has 1 amide bonds. The lowest BCUT2D eigenvalue weighted by atomic mass is 10.1. The van der Waals surface area contributed by atoms with Crippen LogP contribution in [0.15, 0.2) is 60.1 Å². The summed E-state index contributed by atoms with van der Waals surface area (Å²) in [5.41, 5.74) is 1.26. The van der Waals surface area contributed by atoms with Crippen LogP contribution in [0.4, 0.5) is 11.4 Å². The molecular formula is C20H20N4O3S. The second-order valence-corrected chi connectivity index (χ2v) is 7.38. The van der Waals surface area contributed by atoms with Crippen molar-refractivity contribution in [3.05, 3.63) is 86.4 Å². The van der Waals surface area contributed by atoms with Crippen LogP contribution in [0.2, 0.25) is 0 Å². The molecule has 0 bridgehead atoms. The van der Waals surface area contributed by atoms with Gasteiger partial charge in [-0.1, -0.05) is 12.1 Å². The average molecular weight is 396 g/mol. The normalized spacial score (nSPS) is 11.6. The highest BCUT2D eigenvalue weighted by Crippen LogP contribution is 2.29. The maximum absolute atomic E-state index is 12.7. The number of pyridine rings is 1. The standard InChI is InChI=1S/C20H20N4O3S/c1-14(17-7-3-4-10-21-17)22-18-9-8-15(12-19(18)24(26)27)20(25)23(2)13-16-6-5-11-28-16/h3-12,14,22H,13H2,1-2H3. The number of amides is 1. The Morgan fingerprint density at radius 1 is 1.29 bits per heavy atom. The highest BCUT2D eigenvalue weighted by atomic mass is 32.1. The van der Waals surface area contributed by atoms with Crippen LogP contribution in [0.5, 0.6) is 0 Å². The van der Waals surface area contributed by atoms with E-state index in [9.17, 15) is 14.9 Å². The van der Waals surface area contributed by atoms with E-state index in [1.54, 1.807) is 41.6 Å². The van der Waals surface area contributed by atoms with Crippen LogP contribution >= 0.6 is 11.3 Å². The lowest BCUT2D eigenvalue weighted by molar-refractivity contribution is -0.384. The second-order valence-electron chi connectivity index (χ2n) is 6.35. The summed E-state index contributed by atoms with van der Waals surface area (Å²) < 4.78 is 0. The Labute approximate surface area is 166 Å². The fraction of sp³-hybridized carbons (Fsp3) is 0.200. The van der Waals surface area contributed by atoms with Gasteiger partial charge >= 0.3 is 0 Å². The zero-order valence-corrected chi connectivity index (χ0v) is 16.3. The number of thiophene rings is 1. The van der Waals surface area contributed by atoms with Crippen molar-refractivity contribution in [1.82, 2.24) is 9.88 Å². The Morgan fingerprint density at radius 3 is 2.75 bits per heavy atom. The first-order valence-corrected chi connectivity index (χ1v) is 9.57. The number of carbonyl (C=O) groups excluding carboxylic acids is 1. The number of aromatic nitrogens is 1. The maximum atomic E-state index is 12.7. The molecule has 0 spiro atoms. The predicted octanol–water partition coefficient (Wildman–Crippen LogP) is 4.50. The van der Waals surface area contributed by atoms with Gasteiger partial charge in [-0.2, -0.15) is 0 Å². The van der Waals surface area contributed by atoms with E-state index >= 15 is 0 Å². The van der Waals surface area contributed by atoms with E-state index in [0.717, 1.165) is 10.6 Å². The molecule has 144 valence electrons. The molecule has 1 aromatic carbocycles. The number of nitro benzene ring substituents is 1. The molecule has 8 heteroatoms. The number of carbonyl (C=O) groups is 1. The van der Waals surface area contributed by atoms with Gasteiger partial charge in [0.2, 0.25) is 0 Å². The minimum absolute atomic E-state index is 0.141. The van der Waals surface area contributed by atoms with Crippen molar-refractivity contribution in [3.8, 4) is 0 Å². The van der Waals surface area contributed by atoms with Gasteiger partial charge < -0.3 is 10.2 Å². The lowest BCUT2D eigenvalue weighted by Crippen LogP contribution is -2.26. The minimum Gasteiger partial charge on any atom is -0.371 e. The Hall–Kier alpha value is -3.26. The van der Waals surface area contributed by atoms with Crippen LogP contribution in [-0.4, -0.2) is 27.8 Å². The molecule has 2 aromatic heterocycles. The fourth-order valence-electron chi connectivity index (χ4n) is 2.81. The SMILES string of the molecule is CC(Nc1ccc(C(=O)N(C)Cc2cccs2)cc1[N+](=O)[O-])c1ccccn1. The van der Waals surface area contributed by atoms with Crippen LogP contribution in [0.3, 0.4) is 0 Å². The Kier molecular flexibility index (Phi) is 6.00. The molecule has 1 atom stereocenters. The highest BCUT2D eigenvalue weighted by Gasteiger charge is 2.21. The number of rotatable bonds is 7. The molecule has 3 aromatic rings. The number of nitrogens with one attached hydrogen (secondary N) is 1. The van der Waals surface area contributed by atoms with Crippen LogP contribution in [0.1, 0.15) is 33.9 Å². The number of anilines is 1. The van der Waals surface area contributed by atoms with E-state index in [2.05, 4.69) is 10.3 Å². The van der Waals surface area contributed by atoms with Gasteiger partial charge in [-0.25, -0.2) is 0 Å². The van der Waals surface area contributed by atoms with Crippen molar-refractivity contribution in [1.29, 1.82) is 0 Å².